The quantitative estimate of drug-likeness (QED) is 0.367. The highest BCUT2D eigenvalue weighted by Crippen LogP contribution is 1.97. The number of hydrogen-bond donors (Lipinski definition) is 2. The standard InChI is InChI=1S/C7H13NO4.CHNO/c1-11-6(9)4-3-5(8)7(10)12-2;2-1-3/h5H,3-4,8H2,1-2H3;2H/t5-;/m0./s1. The summed E-state index contributed by atoms with van der Waals surface area (Å²) in [6.45, 7) is 0. The van der Waals surface area contributed by atoms with E-state index in [9.17, 15) is 9.59 Å². The topological polar surface area (TPSA) is 120 Å². The SMILES string of the molecule is COC(=O)CC[C@H](N)C(=O)OC.N=C=O. The summed E-state index contributed by atoms with van der Waals surface area (Å²) >= 11 is 0. The Morgan fingerprint density at radius 2 is 1.87 bits per heavy atom. The smallest absolute Gasteiger partial charge is 0.322 e. The fourth-order valence-corrected chi connectivity index (χ4v) is 0.645. The number of carbonyl (C=O) groups excluding carboxylic acids is 3. The Balaban J connectivity index is 0. The van der Waals surface area contributed by atoms with Gasteiger partial charge in [-0.15, -0.1) is 0 Å². The molecule has 0 aromatic heterocycles. The zero-order valence-corrected chi connectivity index (χ0v) is 8.61. The Bertz CT molecular complexity index is 235. The molecule has 0 unspecified atom stereocenters. The highest BCUT2D eigenvalue weighted by molar-refractivity contribution is 5.76. The highest BCUT2D eigenvalue weighted by Gasteiger charge is 2.14. The number of nitrogens with two attached hydrogens (primary N) is 1. The van der Waals surface area contributed by atoms with Crippen LogP contribution >= 0.6 is 0 Å². The van der Waals surface area contributed by atoms with Gasteiger partial charge in [0.05, 0.1) is 14.2 Å². The fraction of sp³-hybridized carbons (Fsp3) is 0.625. The van der Waals surface area contributed by atoms with Gasteiger partial charge in [-0.2, -0.15) is 0 Å². The molecule has 0 saturated heterocycles. The number of hydrogen-bond acceptors (Lipinski definition) is 7. The molecule has 0 aromatic rings. The Kier molecular flexibility index (Phi) is 10.9. The summed E-state index contributed by atoms with van der Waals surface area (Å²) in [6.07, 6.45) is 1.13. The van der Waals surface area contributed by atoms with Crippen molar-refractivity contribution in [3.8, 4) is 0 Å². The number of nitrogens with one attached hydrogen (secondary N) is 1. The van der Waals surface area contributed by atoms with Gasteiger partial charge in [0, 0.05) is 6.42 Å². The lowest BCUT2D eigenvalue weighted by atomic mass is 10.2. The molecule has 0 aliphatic rings. The van der Waals surface area contributed by atoms with Crippen molar-refractivity contribution in [1.82, 2.24) is 0 Å². The summed E-state index contributed by atoms with van der Waals surface area (Å²) in [5, 5.41) is 5.40. The molecular formula is C8H14N2O5. The second kappa shape index (κ2) is 10.4. The van der Waals surface area contributed by atoms with E-state index in [4.69, 9.17) is 15.9 Å². The molecule has 15 heavy (non-hydrogen) atoms. The maximum absolute atomic E-state index is 10.7. The minimum atomic E-state index is -0.742. The first-order valence-corrected chi connectivity index (χ1v) is 3.97. The minimum absolute atomic E-state index is 0.132. The van der Waals surface area contributed by atoms with E-state index < -0.39 is 12.0 Å². The first kappa shape index (κ1) is 15.7. The summed E-state index contributed by atoms with van der Waals surface area (Å²) in [7, 11) is 2.53. The first-order chi connectivity index (χ1) is 7.03. The molecular weight excluding hydrogens is 204 g/mol. The number of esters is 2. The molecule has 0 aromatic carbocycles. The molecule has 0 heterocycles. The number of methoxy groups -OCH3 is 2. The molecule has 3 N–H and O–H groups in total. The van der Waals surface area contributed by atoms with Crippen LogP contribution in [0.15, 0.2) is 0 Å². The minimum Gasteiger partial charge on any atom is -0.469 e. The fourth-order valence-electron chi connectivity index (χ4n) is 0.645. The van der Waals surface area contributed by atoms with Crippen molar-refractivity contribution < 1.29 is 23.9 Å². The third-order valence-electron chi connectivity index (χ3n) is 1.39. The second-order valence-electron chi connectivity index (χ2n) is 2.35. The third kappa shape index (κ3) is 10.2. The molecule has 1 atom stereocenters. The third-order valence-corrected chi connectivity index (χ3v) is 1.39. The molecule has 0 bridgehead atoms. The lowest BCUT2D eigenvalue weighted by Crippen LogP contribution is -2.32. The largest absolute Gasteiger partial charge is 0.469 e. The maximum atomic E-state index is 10.7. The summed E-state index contributed by atoms with van der Waals surface area (Å²) < 4.78 is 8.73. The normalized spacial score (nSPS) is 10.1. The van der Waals surface area contributed by atoms with E-state index >= 15 is 0 Å². The molecule has 7 nitrogen and oxygen atoms in total. The number of isocyanates is 1. The summed E-state index contributed by atoms with van der Waals surface area (Å²) in [5.74, 6) is -0.895. The molecule has 0 aliphatic heterocycles. The van der Waals surface area contributed by atoms with E-state index in [0.29, 0.717) is 0 Å². The number of ether oxygens (including phenoxy) is 2. The van der Waals surface area contributed by atoms with Crippen molar-refractivity contribution in [2.45, 2.75) is 18.9 Å². The van der Waals surface area contributed by atoms with E-state index in [1.165, 1.54) is 14.2 Å². The second-order valence-corrected chi connectivity index (χ2v) is 2.35. The van der Waals surface area contributed by atoms with Gasteiger partial charge in [0.1, 0.15) is 6.04 Å². The Morgan fingerprint density at radius 3 is 2.20 bits per heavy atom. The first-order valence-electron chi connectivity index (χ1n) is 3.97. The monoisotopic (exact) mass is 218 g/mol. The Hall–Kier alpha value is -1.72. The van der Waals surface area contributed by atoms with E-state index in [1.807, 2.05) is 0 Å². The van der Waals surface area contributed by atoms with Crippen LogP contribution in [0.1, 0.15) is 12.8 Å². The van der Waals surface area contributed by atoms with Gasteiger partial charge in [0.2, 0.25) is 6.08 Å². The molecule has 0 amide bonds. The number of rotatable bonds is 4. The van der Waals surface area contributed by atoms with Gasteiger partial charge >= 0.3 is 11.9 Å². The zero-order chi connectivity index (χ0) is 12.3. The summed E-state index contributed by atoms with van der Waals surface area (Å²) in [6, 6.07) is -0.742. The number of carbonyl (C=O) groups is 2. The molecule has 0 saturated carbocycles. The summed E-state index contributed by atoms with van der Waals surface area (Å²) in [5.41, 5.74) is 5.35. The van der Waals surface area contributed by atoms with Crippen LogP contribution in [-0.2, 0) is 23.9 Å². The van der Waals surface area contributed by atoms with Crippen molar-refractivity contribution in [2.24, 2.45) is 5.73 Å². The van der Waals surface area contributed by atoms with Gasteiger partial charge in [-0.1, -0.05) is 0 Å². The molecule has 0 radical (unpaired) electrons. The van der Waals surface area contributed by atoms with Crippen LogP contribution in [0.3, 0.4) is 0 Å². The van der Waals surface area contributed by atoms with E-state index in [1.54, 1.807) is 0 Å². The van der Waals surface area contributed by atoms with Crippen molar-refractivity contribution in [2.75, 3.05) is 14.2 Å². The van der Waals surface area contributed by atoms with E-state index in [2.05, 4.69) is 9.47 Å². The van der Waals surface area contributed by atoms with Crippen LogP contribution in [0.25, 0.3) is 0 Å². The van der Waals surface area contributed by atoms with Crippen LogP contribution in [-0.4, -0.2) is 38.3 Å². The van der Waals surface area contributed by atoms with Crippen molar-refractivity contribution in [3.05, 3.63) is 0 Å². The lowest BCUT2D eigenvalue weighted by molar-refractivity contribution is -0.143. The van der Waals surface area contributed by atoms with Crippen LogP contribution in [0.2, 0.25) is 0 Å². The predicted molar refractivity (Wildman–Crippen MR) is 49.7 cm³/mol. The van der Waals surface area contributed by atoms with Gasteiger partial charge in [-0.3, -0.25) is 9.59 Å². The van der Waals surface area contributed by atoms with E-state index in [0.717, 1.165) is 6.08 Å². The molecule has 0 aliphatic carbocycles. The summed E-state index contributed by atoms with van der Waals surface area (Å²) in [4.78, 5) is 29.7. The Morgan fingerprint density at radius 1 is 1.40 bits per heavy atom. The average molecular weight is 218 g/mol. The predicted octanol–water partition coefficient (Wildman–Crippen LogP) is -0.659. The molecule has 0 rings (SSSR count). The lowest BCUT2D eigenvalue weighted by Gasteiger charge is -2.07. The van der Waals surface area contributed by atoms with Crippen LogP contribution in [0.4, 0.5) is 0 Å². The van der Waals surface area contributed by atoms with E-state index in [-0.39, 0.29) is 18.8 Å². The highest BCUT2D eigenvalue weighted by atomic mass is 16.5. The molecule has 0 spiro atoms. The van der Waals surface area contributed by atoms with Crippen LogP contribution in [0, 0.1) is 5.41 Å². The van der Waals surface area contributed by atoms with Crippen LogP contribution < -0.4 is 5.73 Å². The van der Waals surface area contributed by atoms with Gasteiger partial charge < -0.3 is 15.2 Å². The van der Waals surface area contributed by atoms with Gasteiger partial charge in [-0.05, 0) is 6.42 Å². The molecule has 86 valence electrons. The maximum Gasteiger partial charge on any atom is 0.322 e. The average Bonchev–Trinajstić information content (AvgIpc) is 2.25. The Labute approximate surface area is 87.0 Å². The molecule has 7 heteroatoms. The zero-order valence-electron chi connectivity index (χ0n) is 8.61. The molecule has 0 fully saturated rings. The van der Waals surface area contributed by atoms with Crippen LogP contribution in [0.5, 0.6) is 0 Å². The van der Waals surface area contributed by atoms with Gasteiger partial charge in [-0.25, -0.2) is 10.2 Å². The van der Waals surface area contributed by atoms with Gasteiger partial charge in [0.15, 0.2) is 0 Å². The van der Waals surface area contributed by atoms with Crippen molar-refractivity contribution >= 4 is 18.0 Å². The van der Waals surface area contributed by atoms with Crippen molar-refractivity contribution in [3.63, 3.8) is 0 Å². The van der Waals surface area contributed by atoms with Gasteiger partial charge in [0.25, 0.3) is 0 Å². The van der Waals surface area contributed by atoms with Crippen molar-refractivity contribution in [1.29, 1.82) is 5.41 Å².